The van der Waals surface area contributed by atoms with Gasteiger partial charge in [-0.1, -0.05) is 32.0 Å². The molecule has 0 amide bonds. The van der Waals surface area contributed by atoms with Crippen LogP contribution < -0.4 is 14.2 Å². The summed E-state index contributed by atoms with van der Waals surface area (Å²) in [7, 11) is -3.94. The Morgan fingerprint density at radius 2 is 1.72 bits per heavy atom. The number of fused-ring (bicyclic) bond motifs is 1. The SMILES string of the molecule is Cc1cc(C(=O)COC(=O)C(NS(=O)(=O)c2ccccc2)C(C)C)c(C)n1-c1ccc2c(c1)OCO2. The molecule has 0 saturated carbocycles. The molecule has 1 atom stereocenters. The van der Waals surface area contributed by atoms with Crippen LogP contribution in [0.25, 0.3) is 5.69 Å². The number of esters is 1. The third kappa shape index (κ3) is 5.14. The van der Waals surface area contributed by atoms with E-state index in [-0.39, 0.29) is 11.7 Å². The Hall–Kier alpha value is -3.63. The van der Waals surface area contributed by atoms with Gasteiger partial charge in [-0.05, 0) is 50.1 Å². The summed E-state index contributed by atoms with van der Waals surface area (Å²) in [4.78, 5) is 25.8. The Morgan fingerprint density at radius 1 is 1.03 bits per heavy atom. The van der Waals surface area contributed by atoms with Gasteiger partial charge < -0.3 is 18.8 Å². The summed E-state index contributed by atoms with van der Waals surface area (Å²) < 4.78 is 45.8. The molecule has 4 rings (SSSR count). The van der Waals surface area contributed by atoms with Crippen molar-refractivity contribution in [3.8, 4) is 17.2 Å². The fourth-order valence-electron chi connectivity index (χ4n) is 4.06. The minimum Gasteiger partial charge on any atom is -0.456 e. The first kappa shape index (κ1) is 25.5. The van der Waals surface area contributed by atoms with E-state index in [1.54, 1.807) is 45.0 Å². The maximum absolute atomic E-state index is 13.0. The van der Waals surface area contributed by atoms with Crippen LogP contribution in [0.15, 0.2) is 59.5 Å². The highest BCUT2D eigenvalue weighted by molar-refractivity contribution is 7.89. The number of ketones is 1. The predicted octanol–water partition coefficient (Wildman–Crippen LogP) is 3.55. The molecule has 1 aliphatic rings. The molecule has 3 aromatic rings. The highest BCUT2D eigenvalue weighted by atomic mass is 32.2. The van der Waals surface area contributed by atoms with Crippen LogP contribution in [0.2, 0.25) is 0 Å². The van der Waals surface area contributed by atoms with Gasteiger partial charge in [0, 0.05) is 28.7 Å². The zero-order valence-corrected chi connectivity index (χ0v) is 21.3. The Morgan fingerprint density at radius 3 is 2.42 bits per heavy atom. The number of ether oxygens (including phenoxy) is 3. The van der Waals surface area contributed by atoms with Gasteiger partial charge in [0.15, 0.2) is 18.1 Å². The number of aryl methyl sites for hydroxylation is 1. The molecular formula is C26H28N2O7S. The summed E-state index contributed by atoms with van der Waals surface area (Å²) in [5, 5.41) is 0. The lowest BCUT2D eigenvalue weighted by Gasteiger charge is -2.20. The van der Waals surface area contributed by atoms with Gasteiger partial charge >= 0.3 is 5.97 Å². The quantitative estimate of drug-likeness (QED) is 0.345. The van der Waals surface area contributed by atoms with Crippen molar-refractivity contribution in [2.45, 2.75) is 38.6 Å². The molecule has 9 nitrogen and oxygen atoms in total. The number of hydrogen-bond acceptors (Lipinski definition) is 7. The van der Waals surface area contributed by atoms with Crippen molar-refractivity contribution in [2.24, 2.45) is 5.92 Å². The summed E-state index contributed by atoms with van der Waals surface area (Å²) in [6.45, 7) is 6.71. The van der Waals surface area contributed by atoms with Crippen molar-refractivity contribution in [3.05, 3.63) is 71.5 Å². The van der Waals surface area contributed by atoms with E-state index in [9.17, 15) is 18.0 Å². The molecule has 0 saturated heterocycles. The molecule has 10 heteroatoms. The molecule has 190 valence electrons. The van der Waals surface area contributed by atoms with Crippen LogP contribution in [0.3, 0.4) is 0 Å². The smallest absolute Gasteiger partial charge is 0.324 e. The second-order valence-corrected chi connectivity index (χ2v) is 10.6. The fourth-order valence-corrected chi connectivity index (χ4v) is 5.42. The molecular weight excluding hydrogens is 484 g/mol. The van der Waals surface area contributed by atoms with E-state index in [0.717, 1.165) is 11.4 Å². The second-order valence-electron chi connectivity index (χ2n) is 8.84. The Bertz CT molecular complexity index is 1400. The number of aromatic nitrogens is 1. The van der Waals surface area contributed by atoms with Crippen LogP contribution in [0, 0.1) is 19.8 Å². The molecule has 1 aromatic heterocycles. The van der Waals surface area contributed by atoms with E-state index in [1.807, 2.05) is 29.7 Å². The second kappa shape index (κ2) is 10.2. The van der Waals surface area contributed by atoms with Gasteiger partial charge in [-0.25, -0.2) is 8.42 Å². The molecule has 1 N–H and O–H groups in total. The molecule has 2 heterocycles. The van der Waals surface area contributed by atoms with Gasteiger partial charge in [0.25, 0.3) is 0 Å². The number of nitrogens with zero attached hydrogens (tertiary/aromatic N) is 1. The van der Waals surface area contributed by atoms with Gasteiger partial charge in [-0.3, -0.25) is 9.59 Å². The van der Waals surface area contributed by atoms with Gasteiger partial charge in [0.05, 0.1) is 4.90 Å². The fraction of sp³-hybridized carbons (Fsp3) is 0.308. The zero-order valence-electron chi connectivity index (χ0n) is 20.5. The summed E-state index contributed by atoms with van der Waals surface area (Å²) in [6.07, 6.45) is 0. The number of carbonyl (C=O) groups excluding carboxylic acids is 2. The minimum atomic E-state index is -3.94. The number of hydrogen-bond donors (Lipinski definition) is 1. The molecule has 0 spiro atoms. The van der Waals surface area contributed by atoms with Crippen molar-refractivity contribution in [2.75, 3.05) is 13.4 Å². The number of Topliss-reactive ketones (excluding diaryl/α,β-unsaturated/α-hetero) is 1. The highest BCUT2D eigenvalue weighted by Crippen LogP contribution is 2.35. The van der Waals surface area contributed by atoms with Gasteiger partial charge in [-0.2, -0.15) is 4.72 Å². The van der Waals surface area contributed by atoms with E-state index < -0.39 is 40.3 Å². The van der Waals surface area contributed by atoms with Crippen LogP contribution >= 0.6 is 0 Å². The number of sulfonamides is 1. The van der Waals surface area contributed by atoms with Crippen molar-refractivity contribution >= 4 is 21.8 Å². The third-order valence-corrected chi connectivity index (χ3v) is 7.40. The Labute approximate surface area is 210 Å². The maximum atomic E-state index is 13.0. The molecule has 2 aromatic carbocycles. The lowest BCUT2D eigenvalue weighted by atomic mass is 10.1. The number of nitrogens with one attached hydrogen (secondary N) is 1. The van der Waals surface area contributed by atoms with Gasteiger partial charge in [0.1, 0.15) is 6.04 Å². The summed E-state index contributed by atoms with van der Waals surface area (Å²) >= 11 is 0. The van der Waals surface area contributed by atoms with E-state index in [4.69, 9.17) is 14.2 Å². The Kier molecular flexibility index (Phi) is 7.18. The van der Waals surface area contributed by atoms with Crippen molar-refractivity contribution in [3.63, 3.8) is 0 Å². The van der Waals surface area contributed by atoms with Crippen molar-refractivity contribution in [1.29, 1.82) is 0 Å². The van der Waals surface area contributed by atoms with Crippen LogP contribution in [0.1, 0.15) is 35.6 Å². The minimum absolute atomic E-state index is 0.0375. The first-order chi connectivity index (χ1) is 17.1. The maximum Gasteiger partial charge on any atom is 0.324 e. The third-order valence-electron chi connectivity index (χ3n) is 5.95. The predicted molar refractivity (Wildman–Crippen MR) is 132 cm³/mol. The van der Waals surface area contributed by atoms with E-state index in [0.29, 0.717) is 22.8 Å². The molecule has 1 unspecified atom stereocenters. The van der Waals surface area contributed by atoms with E-state index >= 15 is 0 Å². The first-order valence-corrected chi connectivity index (χ1v) is 12.9. The topological polar surface area (TPSA) is 113 Å². The van der Waals surface area contributed by atoms with Crippen LogP contribution in [-0.2, 0) is 19.6 Å². The average Bonchev–Trinajstić information content (AvgIpc) is 3.44. The van der Waals surface area contributed by atoms with Crippen LogP contribution in [-0.4, -0.2) is 44.2 Å². The Balaban J connectivity index is 1.47. The van der Waals surface area contributed by atoms with Crippen molar-refractivity contribution < 1.29 is 32.2 Å². The molecule has 36 heavy (non-hydrogen) atoms. The van der Waals surface area contributed by atoms with E-state index in [2.05, 4.69) is 4.72 Å². The summed E-state index contributed by atoms with van der Waals surface area (Å²) in [5.74, 6) is -0.326. The molecule has 0 radical (unpaired) electrons. The van der Waals surface area contributed by atoms with E-state index in [1.165, 1.54) is 12.1 Å². The molecule has 0 aliphatic carbocycles. The molecule has 0 bridgehead atoms. The average molecular weight is 513 g/mol. The number of benzene rings is 2. The standard InChI is InChI=1S/C26H28N2O7S/c1-16(2)25(27-36(31,32)20-8-6-5-7-9-20)26(30)33-14-22(29)21-12-17(3)28(18(21)4)19-10-11-23-24(13-19)35-15-34-23/h5-13,16,25,27H,14-15H2,1-4H3. The summed E-state index contributed by atoms with van der Waals surface area (Å²) in [5.41, 5.74) is 2.71. The lowest BCUT2D eigenvalue weighted by molar-refractivity contribution is -0.145. The summed E-state index contributed by atoms with van der Waals surface area (Å²) in [6, 6.07) is 13.8. The monoisotopic (exact) mass is 512 g/mol. The van der Waals surface area contributed by atoms with Crippen LogP contribution in [0.5, 0.6) is 11.5 Å². The number of carbonyl (C=O) groups is 2. The highest BCUT2D eigenvalue weighted by Gasteiger charge is 2.30. The largest absolute Gasteiger partial charge is 0.456 e. The van der Waals surface area contributed by atoms with Crippen LogP contribution in [0.4, 0.5) is 0 Å². The van der Waals surface area contributed by atoms with Gasteiger partial charge in [0.2, 0.25) is 22.6 Å². The van der Waals surface area contributed by atoms with Crippen molar-refractivity contribution in [1.82, 2.24) is 9.29 Å². The van der Waals surface area contributed by atoms with Gasteiger partial charge in [-0.15, -0.1) is 0 Å². The molecule has 0 fully saturated rings. The number of rotatable bonds is 9. The molecule has 1 aliphatic heterocycles. The zero-order chi connectivity index (χ0) is 26.0. The lowest BCUT2D eigenvalue weighted by Crippen LogP contribution is -2.45. The first-order valence-electron chi connectivity index (χ1n) is 11.4. The normalized spacial score (nSPS) is 13.6.